The van der Waals surface area contributed by atoms with Crippen LogP contribution in [0.3, 0.4) is 0 Å². The van der Waals surface area contributed by atoms with E-state index in [0.29, 0.717) is 13.1 Å². The van der Waals surface area contributed by atoms with E-state index in [4.69, 9.17) is 5.73 Å². The molecule has 1 fully saturated rings. The van der Waals surface area contributed by atoms with Crippen molar-refractivity contribution in [3.63, 3.8) is 0 Å². The number of halogens is 1. The van der Waals surface area contributed by atoms with Crippen molar-refractivity contribution >= 4 is 5.91 Å². The van der Waals surface area contributed by atoms with Gasteiger partial charge in [-0.15, -0.1) is 0 Å². The number of carbonyl (C=O) groups excluding carboxylic acids is 1. The maximum atomic E-state index is 13.4. The quantitative estimate of drug-likeness (QED) is 0.745. The number of aryl methyl sites for hydroxylation is 1. The van der Waals surface area contributed by atoms with Gasteiger partial charge in [0.25, 0.3) is 5.91 Å². The van der Waals surface area contributed by atoms with Gasteiger partial charge in [0.1, 0.15) is 5.82 Å². The standard InChI is InChI=1S/C11H13FN2O/c1-7-2-3-9(10(12)4-7)11(15)14-5-8(13)6-14/h2-4,8H,5-6,13H2,1H3. The van der Waals surface area contributed by atoms with E-state index in [1.54, 1.807) is 17.9 Å². The zero-order valence-electron chi connectivity index (χ0n) is 8.53. The summed E-state index contributed by atoms with van der Waals surface area (Å²) in [5.41, 5.74) is 6.50. The van der Waals surface area contributed by atoms with E-state index in [2.05, 4.69) is 0 Å². The normalized spacial score (nSPS) is 16.3. The molecule has 0 saturated carbocycles. The Hall–Kier alpha value is -1.42. The Bertz CT molecular complexity index is 400. The van der Waals surface area contributed by atoms with Crippen molar-refractivity contribution in [2.24, 2.45) is 5.73 Å². The third-order valence-corrected chi connectivity index (χ3v) is 2.55. The van der Waals surface area contributed by atoms with Gasteiger partial charge in [-0.1, -0.05) is 6.07 Å². The maximum absolute atomic E-state index is 13.4. The van der Waals surface area contributed by atoms with Crippen LogP contribution >= 0.6 is 0 Å². The molecule has 0 atom stereocenters. The predicted molar refractivity (Wildman–Crippen MR) is 55.0 cm³/mol. The van der Waals surface area contributed by atoms with Crippen LogP contribution in [0.4, 0.5) is 4.39 Å². The molecule has 3 nitrogen and oxygen atoms in total. The molecule has 0 spiro atoms. The third-order valence-electron chi connectivity index (χ3n) is 2.55. The summed E-state index contributed by atoms with van der Waals surface area (Å²) in [5.74, 6) is -0.727. The lowest BCUT2D eigenvalue weighted by Gasteiger charge is -2.36. The summed E-state index contributed by atoms with van der Waals surface area (Å²) in [5, 5.41) is 0. The van der Waals surface area contributed by atoms with Gasteiger partial charge in [0.05, 0.1) is 5.56 Å². The molecule has 2 rings (SSSR count). The molecule has 4 heteroatoms. The molecule has 80 valence electrons. The number of likely N-dealkylation sites (tertiary alicyclic amines) is 1. The molecule has 0 aliphatic carbocycles. The molecular weight excluding hydrogens is 195 g/mol. The lowest BCUT2D eigenvalue weighted by Crippen LogP contribution is -2.57. The molecule has 1 saturated heterocycles. The van der Waals surface area contributed by atoms with Gasteiger partial charge < -0.3 is 10.6 Å². The number of nitrogens with zero attached hydrogens (tertiary/aromatic N) is 1. The first-order valence-corrected chi connectivity index (χ1v) is 4.89. The van der Waals surface area contributed by atoms with Gasteiger partial charge in [0.15, 0.2) is 0 Å². The van der Waals surface area contributed by atoms with Gasteiger partial charge in [-0.25, -0.2) is 4.39 Å². The molecule has 1 aliphatic rings. The SMILES string of the molecule is Cc1ccc(C(=O)N2CC(N)C2)c(F)c1. The van der Waals surface area contributed by atoms with Crippen LogP contribution in [-0.2, 0) is 0 Å². The van der Waals surface area contributed by atoms with Gasteiger partial charge >= 0.3 is 0 Å². The average Bonchev–Trinajstić information content (AvgIpc) is 2.12. The highest BCUT2D eigenvalue weighted by molar-refractivity contribution is 5.95. The Morgan fingerprint density at radius 3 is 2.73 bits per heavy atom. The highest BCUT2D eigenvalue weighted by atomic mass is 19.1. The fourth-order valence-corrected chi connectivity index (χ4v) is 1.64. The van der Waals surface area contributed by atoms with Crippen LogP contribution in [-0.4, -0.2) is 29.9 Å². The molecule has 0 bridgehead atoms. The summed E-state index contributed by atoms with van der Waals surface area (Å²) in [6.45, 7) is 2.83. The summed E-state index contributed by atoms with van der Waals surface area (Å²) in [6, 6.07) is 4.67. The van der Waals surface area contributed by atoms with Crippen molar-refractivity contribution in [1.82, 2.24) is 4.90 Å². The number of rotatable bonds is 1. The number of nitrogens with two attached hydrogens (primary N) is 1. The van der Waals surface area contributed by atoms with Crippen LogP contribution in [0.25, 0.3) is 0 Å². The lowest BCUT2D eigenvalue weighted by molar-refractivity contribution is 0.0603. The van der Waals surface area contributed by atoms with Crippen LogP contribution < -0.4 is 5.73 Å². The Labute approximate surface area is 87.7 Å². The Kier molecular flexibility index (Phi) is 2.44. The van der Waals surface area contributed by atoms with Crippen LogP contribution in [0.5, 0.6) is 0 Å². The minimum atomic E-state index is -0.458. The van der Waals surface area contributed by atoms with E-state index in [9.17, 15) is 9.18 Å². The van der Waals surface area contributed by atoms with Crippen molar-refractivity contribution in [2.75, 3.05) is 13.1 Å². The fraction of sp³-hybridized carbons (Fsp3) is 0.364. The Morgan fingerprint density at radius 2 is 2.20 bits per heavy atom. The number of hydrogen-bond acceptors (Lipinski definition) is 2. The van der Waals surface area contributed by atoms with Gasteiger partial charge in [-0.2, -0.15) is 0 Å². The monoisotopic (exact) mass is 208 g/mol. The first-order valence-electron chi connectivity index (χ1n) is 4.89. The molecule has 1 aromatic rings. The minimum absolute atomic E-state index is 0.0439. The highest BCUT2D eigenvalue weighted by Gasteiger charge is 2.29. The van der Waals surface area contributed by atoms with Gasteiger partial charge in [0, 0.05) is 19.1 Å². The number of benzene rings is 1. The topological polar surface area (TPSA) is 46.3 Å². The average molecular weight is 208 g/mol. The van der Waals surface area contributed by atoms with Crippen molar-refractivity contribution in [3.8, 4) is 0 Å². The molecular formula is C11H13FN2O. The number of carbonyl (C=O) groups is 1. The van der Waals surface area contributed by atoms with Gasteiger partial charge in [-0.05, 0) is 24.6 Å². The molecule has 1 aromatic carbocycles. The largest absolute Gasteiger partial charge is 0.335 e. The van der Waals surface area contributed by atoms with Gasteiger partial charge in [0.2, 0.25) is 0 Å². The molecule has 1 heterocycles. The second-order valence-corrected chi connectivity index (χ2v) is 3.95. The van der Waals surface area contributed by atoms with E-state index in [0.717, 1.165) is 5.56 Å². The summed E-state index contributed by atoms with van der Waals surface area (Å²) >= 11 is 0. The summed E-state index contributed by atoms with van der Waals surface area (Å²) in [4.78, 5) is 13.3. The summed E-state index contributed by atoms with van der Waals surface area (Å²) < 4.78 is 13.4. The van der Waals surface area contributed by atoms with Crippen molar-refractivity contribution in [3.05, 3.63) is 35.1 Å². The first-order chi connectivity index (χ1) is 7.08. The molecule has 1 amide bonds. The van der Waals surface area contributed by atoms with Crippen LogP contribution in [0, 0.1) is 12.7 Å². The third kappa shape index (κ3) is 1.85. The second kappa shape index (κ2) is 3.62. The molecule has 1 aliphatic heterocycles. The van der Waals surface area contributed by atoms with Gasteiger partial charge in [-0.3, -0.25) is 4.79 Å². The van der Waals surface area contributed by atoms with Crippen molar-refractivity contribution < 1.29 is 9.18 Å². The zero-order chi connectivity index (χ0) is 11.0. The number of amides is 1. The number of hydrogen-bond donors (Lipinski definition) is 1. The summed E-state index contributed by atoms with van der Waals surface area (Å²) in [6.07, 6.45) is 0. The molecule has 15 heavy (non-hydrogen) atoms. The second-order valence-electron chi connectivity index (χ2n) is 3.95. The maximum Gasteiger partial charge on any atom is 0.256 e. The summed E-state index contributed by atoms with van der Waals surface area (Å²) in [7, 11) is 0. The Balaban J connectivity index is 2.19. The molecule has 0 radical (unpaired) electrons. The first kappa shape index (κ1) is 10.1. The molecule has 2 N–H and O–H groups in total. The van der Waals surface area contributed by atoms with E-state index < -0.39 is 5.82 Å². The van der Waals surface area contributed by atoms with Crippen molar-refractivity contribution in [1.29, 1.82) is 0 Å². The van der Waals surface area contributed by atoms with Crippen LogP contribution in [0.15, 0.2) is 18.2 Å². The smallest absolute Gasteiger partial charge is 0.256 e. The van der Waals surface area contributed by atoms with E-state index in [-0.39, 0.29) is 17.5 Å². The molecule has 0 aromatic heterocycles. The highest BCUT2D eigenvalue weighted by Crippen LogP contribution is 2.16. The van der Waals surface area contributed by atoms with Crippen LogP contribution in [0.2, 0.25) is 0 Å². The van der Waals surface area contributed by atoms with E-state index >= 15 is 0 Å². The fourth-order valence-electron chi connectivity index (χ4n) is 1.64. The van der Waals surface area contributed by atoms with Crippen LogP contribution in [0.1, 0.15) is 15.9 Å². The predicted octanol–water partition coefficient (Wildman–Crippen LogP) is 0.917. The molecule has 0 unspecified atom stereocenters. The lowest BCUT2D eigenvalue weighted by atomic mass is 10.1. The van der Waals surface area contributed by atoms with E-state index in [1.165, 1.54) is 12.1 Å². The van der Waals surface area contributed by atoms with Crippen molar-refractivity contribution in [2.45, 2.75) is 13.0 Å². The Morgan fingerprint density at radius 1 is 1.53 bits per heavy atom. The zero-order valence-corrected chi connectivity index (χ0v) is 8.53. The minimum Gasteiger partial charge on any atom is -0.335 e. The van der Waals surface area contributed by atoms with E-state index in [1.807, 2.05) is 0 Å².